The Morgan fingerprint density at radius 3 is 2.69 bits per heavy atom. The van der Waals surface area contributed by atoms with Crippen LogP contribution in [0, 0.1) is 5.92 Å². The zero-order chi connectivity index (χ0) is 11.6. The normalized spacial score (nSPS) is 23.0. The SMILES string of the molecule is CCCOCCC(=O)N1CC(O)(C2CC2)C1. The monoisotopic (exact) mass is 227 g/mol. The average Bonchev–Trinajstić information content (AvgIpc) is 3.03. The fourth-order valence-corrected chi connectivity index (χ4v) is 2.23. The summed E-state index contributed by atoms with van der Waals surface area (Å²) in [5.74, 6) is 0.564. The van der Waals surface area contributed by atoms with Crippen LogP contribution in [-0.2, 0) is 9.53 Å². The van der Waals surface area contributed by atoms with Crippen LogP contribution in [0.25, 0.3) is 0 Å². The highest BCUT2D eigenvalue weighted by atomic mass is 16.5. The van der Waals surface area contributed by atoms with Crippen molar-refractivity contribution in [1.82, 2.24) is 4.90 Å². The lowest BCUT2D eigenvalue weighted by Gasteiger charge is -2.47. The van der Waals surface area contributed by atoms with E-state index in [1.165, 1.54) is 0 Å². The van der Waals surface area contributed by atoms with Gasteiger partial charge in [0.05, 0.1) is 26.1 Å². The second-order valence-electron chi connectivity index (χ2n) is 4.99. The number of amides is 1. The quantitative estimate of drug-likeness (QED) is 0.682. The number of β-amino-alcohol motifs (C(OH)–C–C–N with tert-alkyl or cyclic N) is 1. The summed E-state index contributed by atoms with van der Waals surface area (Å²) in [6.07, 6.45) is 3.68. The lowest BCUT2D eigenvalue weighted by atomic mass is 9.88. The number of hydrogen-bond acceptors (Lipinski definition) is 3. The van der Waals surface area contributed by atoms with Gasteiger partial charge in [0, 0.05) is 6.61 Å². The van der Waals surface area contributed by atoms with Crippen molar-refractivity contribution in [3.8, 4) is 0 Å². The maximum atomic E-state index is 11.7. The second kappa shape index (κ2) is 4.72. The number of aliphatic hydroxyl groups is 1. The highest BCUT2D eigenvalue weighted by molar-refractivity contribution is 5.77. The minimum atomic E-state index is -0.556. The van der Waals surface area contributed by atoms with Crippen LogP contribution >= 0.6 is 0 Å². The molecule has 0 unspecified atom stereocenters. The van der Waals surface area contributed by atoms with Gasteiger partial charge in [-0.05, 0) is 25.2 Å². The summed E-state index contributed by atoms with van der Waals surface area (Å²) in [6.45, 7) is 4.34. The van der Waals surface area contributed by atoms with Gasteiger partial charge in [0.15, 0.2) is 0 Å². The summed E-state index contributed by atoms with van der Waals surface area (Å²) in [5.41, 5.74) is -0.556. The fourth-order valence-electron chi connectivity index (χ4n) is 2.23. The third-order valence-corrected chi connectivity index (χ3v) is 3.43. The number of hydrogen-bond donors (Lipinski definition) is 1. The first-order valence-electron chi connectivity index (χ1n) is 6.23. The molecule has 1 N–H and O–H groups in total. The van der Waals surface area contributed by atoms with E-state index in [0.717, 1.165) is 25.9 Å². The summed E-state index contributed by atoms with van der Waals surface area (Å²) in [5, 5.41) is 10.1. The van der Waals surface area contributed by atoms with E-state index in [2.05, 4.69) is 0 Å². The average molecular weight is 227 g/mol. The Hall–Kier alpha value is -0.610. The minimum Gasteiger partial charge on any atom is -0.386 e. The molecule has 0 atom stereocenters. The van der Waals surface area contributed by atoms with Crippen LogP contribution in [0.15, 0.2) is 0 Å². The van der Waals surface area contributed by atoms with Crippen LogP contribution in [0.4, 0.5) is 0 Å². The molecular weight excluding hydrogens is 206 g/mol. The smallest absolute Gasteiger partial charge is 0.225 e. The van der Waals surface area contributed by atoms with Gasteiger partial charge in [0.1, 0.15) is 5.60 Å². The van der Waals surface area contributed by atoms with Crippen LogP contribution in [0.1, 0.15) is 32.6 Å². The molecule has 92 valence electrons. The summed E-state index contributed by atoms with van der Waals surface area (Å²) < 4.78 is 5.27. The molecule has 1 aliphatic carbocycles. The number of carbonyl (C=O) groups is 1. The molecule has 0 bridgehead atoms. The van der Waals surface area contributed by atoms with Crippen molar-refractivity contribution in [2.45, 2.75) is 38.2 Å². The molecule has 1 heterocycles. The Labute approximate surface area is 96.6 Å². The van der Waals surface area contributed by atoms with Gasteiger partial charge in [-0.1, -0.05) is 6.92 Å². The molecule has 1 amide bonds. The Balaban J connectivity index is 1.61. The molecule has 4 nitrogen and oxygen atoms in total. The predicted molar refractivity (Wildman–Crippen MR) is 60.0 cm³/mol. The molecule has 2 aliphatic rings. The number of ether oxygens (including phenoxy) is 1. The maximum absolute atomic E-state index is 11.7. The van der Waals surface area contributed by atoms with E-state index in [9.17, 15) is 9.90 Å². The van der Waals surface area contributed by atoms with Crippen molar-refractivity contribution < 1.29 is 14.6 Å². The zero-order valence-electron chi connectivity index (χ0n) is 9.95. The Bertz CT molecular complexity index is 257. The molecule has 1 saturated carbocycles. The Morgan fingerprint density at radius 1 is 1.44 bits per heavy atom. The standard InChI is InChI=1S/C12H21NO3/c1-2-6-16-7-5-11(14)13-8-12(15,9-13)10-3-4-10/h10,15H,2-9H2,1H3. The molecule has 16 heavy (non-hydrogen) atoms. The molecule has 1 saturated heterocycles. The lowest BCUT2D eigenvalue weighted by molar-refractivity contribution is -0.160. The Kier molecular flexibility index (Phi) is 3.50. The molecule has 2 fully saturated rings. The first kappa shape index (κ1) is 11.9. The van der Waals surface area contributed by atoms with Crippen molar-refractivity contribution in [2.75, 3.05) is 26.3 Å². The first-order chi connectivity index (χ1) is 7.65. The van der Waals surface area contributed by atoms with Gasteiger partial charge in [0.25, 0.3) is 0 Å². The predicted octanol–water partition coefficient (Wildman–Crippen LogP) is 0.786. The van der Waals surface area contributed by atoms with Crippen LogP contribution in [-0.4, -0.2) is 47.8 Å². The summed E-state index contributed by atoms with van der Waals surface area (Å²) in [7, 11) is 0. The number of rotatable bonds is 6. The highest BCUT2D eigenvalue weighted by Crippen LogP contribution is 2.44. The third kappa shape index (κ3) is 2.55. The Morgan fingerprint density at radius 2 is 2.12 bits per heavy atom. The van der Waals surface area contributed by atoms with E-state index >= 15 is 0 Å². The van der Waals surface area contributed by atoms with Crippen molar-refractivity contribution in [3.63, 3.8) is 0 Å². The van der Waals surface area contributed by atoms with Gasteiger partial charge in [-0.2, -0.15) is 0 Å². The summed E-state index contributed by atoms with van der Waals surface area (Å²) in [4.78, 5) is 13.4. The molecule has 1 aliphatic heterocycles. The largest absolute Gasteiger partial charge is 0.386 e. The van der Waals surface area contributed by atoms with E-state index < -0.39 is 5.60 Å². The summed E-state index contributed by atoms with van der Waals surface area (Å²) in [6, 6.07) is 0. The highest BCUT2D eigenvalue weighted by Gasteiger charge is 2.52. The molecule has 4 heteroatoms. The topological polar surface area (TPSA) is 49.8 Å². The van der Waals surface area contributed by atoms with Crippen LogP contribution in [0.3, 0.4) is 0 Å². The molecule has 0 aromatic carbocycles. The second-order valence-corrected chi connectivity index (χ2v) is 4.99. The molecule has 0 aromatic rings. The van der Waals surface area contributed by atoms with Crippen molar-refractivity contribution >= 4 is 5.91 Å². The van der Waals surface area contributed by atoms with E-state index in [0.29, 0.717) is 32.0 Å². The van der Waals surface area contributed by atoms with Crippen LogP contribution < -0.4 is 0 Å². The maximum Gasteiger partial charge on any atom is 0.225 e. The fraction of sp³-hybridized carbons (Fsp3) is 0.917. The molecular formula is C12H21NO3. The molecule has 0 radical (unpaired) electrons. The summed E-state index contributed by atoms with van der Waals surface area (Å²) >= 11 is 0. The van der Waals surface area contributed by atoms with Crippen LogP contribution in [0.5, 0.6) is 0 Å². The van der Waals surface area contributed by atoms with Gasteiger partial charge in [-0.15, -0.1) is 0 Å². The van der Waals surface area contributed by atoms with Crippen molar-refractivity contribution in [1.29, 1.82) is 0 Å². The molecule has 0 aromatic heterocycles. The minimum absolute atomic E-state index is 0.112. The van der Waals surface area contributed by atoms with Gasteiger partial charge in [0.2, 0.25) is 5.91 Å². The number of carbonyl (C=O) groups excluding carboxylic acids is 1. The van der Waals surface area contributed by atoms with Gasteiger partial charge in [-0.25, -0.2) is 0 Å². The zero-order valence-corrected chi connectivity index (χ0v) is 9.95. The molecule has 0 spiro atoms. The van der Waals surface area contributed by atoms with E-state index in [1.54, 1.807) is 4.90 Å². The number of nitrogens with zero attached hydrogens (tertiary/aromatic N) is 1. The lowest BCUT2D eigenvalue weighted by Crippen LogP contribution is -2.64. The van der Waals surface area contributed by atoms with E-state index in [1.807, 2.05) is 6.92 Å². The number of likely N-dealkylation sites (tertiary alicyclic amines) is 1. The van der Waals surface area contributed by atoms with E-state index in [-0.39, 0.29) is 5.91 Å². The first-order valence-corrected chi connectivity index (χ1v) is 6.23. The van der Waals surface area contributed by atoms with E-state index in [4.69, 9.17) is 4.74 Å². The molecule has 2 rings (SSSR count). The van der Waals surface area contributed by atoms with Gasteiger partial charge in [-0.3, -0.25) is 4.79 Å². The van der Waals surface area contributed by atoms with Crippen LogP contribution in [0.2, 0.25) is 0 Å². The van der Waals surface area contributed by atoms with Gasteiger partial charge < -0.3 is 14.7 Å². The van der Waals surface area contributed by atoms with Crippen molar-refractivity contribution in [2.24, 2.45) is 5.92 Å². The van der Waals surface area contributed by atoms with Crippen molar-refractivity contribution in [3.05, 3.63) is 0 Å². The van der Waals surface area contributed by atoms with Gasteiger partial charge >= 0.3 is 0 Å². The third-order valence-electron chi connectivity index (χ3n) is 3.43.